The van der Waals surface area contributed by atoms with Crippen LogP contribution in [0.5, 0.6) is 0 Å². The highest BCUT2D eigenvalue weighted by molar-refractivity contribution is 6.26. The second-order valence-electron chi connectivity index (χ2n) is 16.3. The monoisotopic (exact) mass is 805 g/mol. The number of nitrogens with zero attached hydrogens (tertiary/aromatic N) is 2. The Morgan fingerprint density at radius 3 is 1.43 bits per heavy atom. The molecule has 0 atom stereocenters. The molecule has 0 spiro atoms. The van der Waals surface area contributed by atoms with Crippen molar-refractivity contribution >= 4 is 43.6 Å². The number of benzene rings is 10. The van der Waals surface area contributed by atoms with Gasteiger partial charge in [-0.25, -0.2) is 0 Å². The van der Waals surface area contributed by atoms with E-state index in [0.29, 0.717) is 16.7 Å². The van der Waals surface area contributed by atoms with Gasteiger partial charge in [-0.15, -0.1) is 0 Å². The van der Waals surface area contributed by atoms with Crippen LogP contribution in [0.3, 0.4) is 0 Å². The second-order valence-corrected chi connectivity index (χ2v) is 16.3. The van der Waals surface area contributed by atoms with Crippen LogP contribution in [-0.4, -0.2) is 9.13 Å². The molecule has 10 aromatic carbocycles. The van der Waals surface area contributed by atoms with Crippen LogP contribution in [0, 0.1) is 6.85 Å². The van der Waals surface area contributed by atoms with Gasteiger partial charge in [-0.2, -0.15) is 0 Å². The highest BCUT2D eigenvalue weighted by atomic mass is 15.0. The molecule has 2 aromatic heterocycles. The van der Waals surface area contributed by atoms with Crippen molar-refractivity contribution in [2.24, 2.45) is 0 Å². The Bertz CT molecular complexity index is 3790. The van der Waals surface area contributed by atoms with Gasteiger partial charge in [-0.05, 0) is 123 Å². The van der Waals surface area contributed by atoms with E-state index in [2.05, 4.69) is 185 Å². The molecular formula is C61H42N2. The fourth-order valence-electron chi connectivity index (χ4n) is 9.71. The van der Waals surface area contributed by atoms with Gasteiger partial charge in [0.25, 0.3) is 0 Å². The molecule has 0 unspecified atom stereocenters. The average Bonchev–Trinajstić information content (AvgIpc) is 3.90. The molecular weight excluding hydrogens is 761 g/mol. The maximum atomic E-state index is 9.10. The quantitative estimate of drug-likeness (QED) is 0.152. The van der Waals surface area contributed by atoms with Crippen molar-refractivity contribution in [2.45, 2.75) is 6.85 Å². The Morgan fingerprint density at radius 1 is 0.302 bits per heavy atom. The standard InChI is InChI=1S/C61H42N2/c1-41-55(44-22-9-4-10-23-44)39-51(40-56(41)49-28-16-25-46(37-49)43-20-7-3-8-21-43)63-57-32-13-11-30-52(57)53-34-35-59-60(61(53)63)54-31-12-14-33-58(54)62(59)50-29-17-27-48(38-50)47-26-15-24-45(36-47)42-18-5-2-6-19-42/h2-40H,1H3/i1D3. The van der Waals surface area contributed by atoms with Crippen LogP contribution in [0.25, 0.3) is 111 Å². The van der Waals surface area contributed by atoms with Gasteiger partial charge < -0.3 is 9.13 Å². The molecule has 2 nitrogen and oxygen atoms in total. The molecule has 0 saturated heterocycles. The maximum absolute atomic E-state index is 9.10. The Morgan fingerprint density at radius 2 is 0.778 bits per heavy atom. The van der Waals surface area contributed by atoms with Crippen LogP contribution in [0.1, 0.15) is 9.68 Å². The first-order valence-corrected chi connectivity index (χ1v) is 21.5. The summed E-state index contributed by atoms with van der Waals surface area (Å²) in [6, 6.07) is 82.7. The lowest BCUT2D eigenvalue weighted by molar-refractivity contribution is 1.17. The first kappa shape index (κ1) is 33.5. The second kappa shape index (κ2) is 15.1. The minimum Gasteiger partial charge on any atom is -0.309 e. The molecule has 0 aliphatic carbocycles. The molecule has 12 rings (SSSR count). The van der Waals surface area contributed by atoms with Gasteiger partial charge in [0.2, 0.25) is 0 Å². The maximum Gasteiger partial charge on any atom is 0.0641 e. The van der Waals surface area contributed by atoms with E-state index >= 15 is 0 Å². The summed E-state index contributed by atoms with van der Waals surface area (Å²) in [6.45, 7) is -2.42. The van der Waals surface area contributed by atoms with E-state index in [1.165, 1.54) is 11.1 Å². The third-order valence-corrected chi connectivity index (χ3v) is 12.6. The minimum atomic E-state index is -2.42. The van der Waals surface area contributed by atoms with Crippen molar-refractivity contribution in [2.75, 3.05) is 0 Å². The largest absolute Gasteiger partial charge is 0.309 e. The van der Waals surface area contributed by atoms with E-state index in [9.17, 15) is 0 Å². The normalized spacial score (nSPS) is 12.5. The Balaban J connectivity index is 1.14. The molecule has 0 saturated carbocycles. The van der Waals surface area contributed by atoms with Crippen LogP contribution in [-0.2, 0) is 0 Å². The zero-order chi connectivity index (χ0) is 44.4. The summed E-state index contributed by atoms with van der Waals surface area (Å²) >= 11 is 0. The van der Waals surface area contributed by atoms with Crippen molar-refractivity contribution in [3.8, 4) is 67.0 Å². The summed E-state index contributed by atoms with van der Waals surface area (Å²) in [7, 11) is 0. The summed E-state index contributed by atoms with van der Waals surface area (Å²) in [4.78, 5) is 0. The van der Waals surface area contributed by atoms with Crippen LogP contribution in [0.2, 0.25) is 0 Å². The first-order chi connectivity index (χ1) is 32.4. The molecule has 0 N–H and O–H groups in total. The molecule has 0 radical (unpaired) electrons. The van der Waals surface area contributed by atoms with Gasteiger partial charge in [-0.3, -0.25) is 0 Å². The highest BCUT2D eigenvalue weighted by Gasteiger charge is 2.22. The third kappa shape index (κ3) is 6.18. The van der Waals surface area contributed by atoms with Gasteiger partial charge in [0.1, 0.15) is 0 Å². The van der Waals surface area contributed by atoms with Crippen molar-refractivity contribution in [3.63, 3.8) is 0 Å². The number of aromatic nitrogens is 2. The molecule has 12 aromatic rings. The summed E-state index contributed by atoms with van der Waals surface area (Å²) in [5, 5.41) is 4.52. The van der Waals surface area contributed by atoms with E-state index in [4.69, 9.17) is 4.11 Å². The Labute approximate surface area is 371 Å². The van der Waals surface area contributed by atoms with E-state index in [-0.39, 0.29) is 0 Å². The van der Waals surface area contributed by atoms with Crippen molar-refractivity contribution in [1.82, 2.24) is 9.13 Å². The predicted molar refractivity (Wildman–Crippen MR) is 267 cm³/mol. The van der Waals surface area contributed by atoms with Crippen molar-refractivity contribution < 1.29 is 4.11 Å². The molecule has 0 aliphatic heterocycles. The van der Waals surface area contributed by atoms with Gasteiger partial charge in [0.15, 0.2) is 0 Å². The topological polar surface area (TPSA) is 9.86 Å². The van der Waals surface area contributed by atoms with Gasteiger partial charge >= 0.3 is 0 Å². The van der Waals surface area contributed by atoms with Crippen LogP contribution in [0.4, 0.5) is 0 Å². The van der Waals surface area contributed by atoms with Crippen molar-refractivity contribution in [3.05, 3.63) is 242 Å². The molecule has 2 heterocycles. The lowest BCUT2D eigenvalue weighted by Gasteiger charge is -2.18. The fourth-order valence-corrected chi connectivity index (χ4v) is 9.71. The van der Waals surface area contributed by atoms with Crippen molar-refractivity contribution in [1.29, 1.82) is 0 Å². The van der Waals surface area contributed by atoms with E-state index in [1.54, 1.807) is 0 Å². The molecule has 0 fully saturated rings. The minimum absolute atomic E-state index is 0.333. The number of para-hydroxylation sites is 2. The van der Waals surface area contributed by atoms with Crippen LogP contribution in [0.15, 0.2) is 237 Å². The number of hydrogen-bond donors (Lipinski definition) is 0. The zero-order valence-electron chi connectivity index (χ0n) is 37.4. The third-order valence-electron chi connectivity index (χ3n) is 12.6. The summed E-state index contributed by atoms with van der Waals surface area (Å²) in [5.74, 6) is 0. The van der Waals surface area contributed by atoms with Gasteiger partial charge in [0, 0.05) is 37.0 Å². The summed E-state index contributed by atoms with van der Waals surface area (Å²) < 4.78 is 32.1. The van der Waals surface area contributed by atoms with E-state index in [0.717, 1.165) is 88.4 Å². The average molecular weight is 806 g/mol. The zero-order valence-corrected chi connectivity index (χ0v) is 34.4. The molecule has 2 heteroatoms. The smallest absolute Gasteiger partial charge is 0.0641 e. The summed E-state index contributed by atoms with van der Waals surface area (Å²) in [6.07, 6.45) is 0. The highest BCUT2D eigenvalue weighted by Crippen LogP contribution is 2.44. The molecule has 0 aliphatic rings. The molecule has 296 valence electrons. The Kier molecular flexibility index (Phi) is 8.01. The molecule has 0 amide bonds. The summed E-state index contributed by atoms with van der Waals surface area (Å²) in [5.41, 5.74) is 16.4. The van der Waals surface area contributed by atoms with E-state index < -0.39 is 6.85 Å². The predicted octanol–water partition coefficient (Wildman–Crippen LogP) is 16.5. The van der Waals surface area contributed by atoms with Crippen LogP contribution >= 0.6 is 0 Å². The number of fused-ring (bicyclic) bond motifs is 7. The number of rotatable bonds is 7. The lowest BCUT2D eigenvalue weighted by Crippen LogP contribution is -1.99. The lowest BCUT2D eigenvalue weighted by atomic mass is 9.90. The van der Waals surface area contributed by atoms with E-state index in [1.807, 2.05) is 60.7 Å². The molecule has 0 bridgehead atoms. The number of hydrogen-bond acceptors (Lipinski definition) is 0. The van der Waals surface area contributed by atoms with Crippen LogP contribution < -0.4 is 0 Å². The fraction of sp³-hybridized carbons (Fsp3) is 0.0164. The van der Waals surface area contributed by atoms with Gasteiger partial charge in [0.05, 0.1) is 22.1 Å². The first-order valence-electron chi connectivity index (χ1n) is 23.0. The SMILES string of the molecule is [2H]C([2H])([2H])c1c(-c2ccccc2)cc(-n2c3ccccc3c3ccc4c(c5ccccc5n4-c4cccc(-c5cccc(-c6ccccc6)c5)c4)c32)cc1-c1cccc(-c2ccccc2)c1. The van der Waals surface area contributed by atoms with Gasteiger partial charge in [-0.1, -0.05) is 182 Å². The molecule has 63 heavy (non-hydrogen) atoms. The Hall–Kier alpha value is -8.20.